The SMILES string of the molecule is CSC1CCCC(NC(C)C(C)C(=O)O)C1. The highest BCUT2D eigenvalue weighted by Crippen LogP contribution is 2.27. The Kier molecular flexibility index (Phi) is 5.62. The fourth-order valence-electron chi connectivity index (χ4n) is 2.24. The van der Waals surface area contributed by atoms with E-state index in [-0.39, 0.29) is 12.0 Å². The van der Waals surface area contributed by atoms with Crippen LogP contribution >= 0.6 is 11.8 Å². The monoisotopic (exact) mass is 245 g/mol. The number of carboxylic acids is 1. The van der Waals surface area contributed by atoms with Crippen LogP contribution < -0.4 is 5.32 Å². The Morgan fingerprint density at radius 2 is 2.12 bits per heavy atom. The fourth-order valence-corrected chi connectivity index (χ4v) is 3.07. The molecule has 0 radical (unpaired) electrons. The number of thioether (sulfide) groups is 1. The van der Waals surface area contributed by atoms with E-state index in [0.717, 1.165) is 5.25 Å². The van der Waals surface area contributed by atoms with E-state index < -0.39 is 5.97 Å². The van der Waals surface area contributed by atoms with E-state index >= 15 is 0 Å². The lowest BCUT2D eigenvalue weighted by Gasteiger charge is -2.32. The van der Waals surface area contributed by atoms with Crippen molar-refractivity contribution >= 4 is 17.7 Å². The van der Waals surface area contributed by atoms with Gasteiger partial charge in [-0.3, -0.25) is 4.79 Å². The minimum atomic E-state index is -0.711. The average molecular weight is 245 g/mol. The van der Waals surface area contributed by atoms with Gasteiger partial charge in [0.15, 0.2) is 0 Å². The molecule has 16 heavy (non-hydrogen) atoms. The first-order valence-corrected chi connectivity index (χ1v) is 7.35. The molecule has 0 aromatic rings. The molecule has 0 bridgehead atoms. The van der Waals surface area contributed by atoms with Crippen LogP contribution in [0, 0.1) is 5.92 Å². The van der Waals surface area contributed by atoms with Crippen molar-refractivity contribution < 1.29 is 9.90 Å². The number of aliphatic carboxylic acids is 1. The highest BCUT2D eigenvalue weighted by atomic mass is 32.2. The molecule has 4 atom stereocenters. The lowest BCUT2D eigenvalue weighted by molar-refractivity contribution is -0.142. The summed E-state index contributed by atoms with van der Waals surface area (Å²) in [5, 5.41) is 13.2. The molecule has 0 spiro atoms. The van der Waals surface area contributed by atoms with Crippen molar-refractivity contribution in [3.8, 4) is 0 Å². The van der Waals surface area contributed by atoms with E-state index in [1.807, 2.05) is 18.7 Å². The molecular formula is C12H23NO2S. The van der Waals surface area contributed by atoms with Gasteiger partial charge in [-0.05, 0) is 32.4 Å². The van der Waals surface area contributed by atoms with Crippen molar-refractivity contribution in [1.29, 1.82) is 0 Å². The summed E-state index contributed by atoms with van der Waals surface area (Å²) in [4.78, 5) is 10.9. The largest absolute Gasteiger partial charge is 0.481 e. The first kappa shape index (κ1) is 13.8. The van der Waals surface area contributed by atoms with Crippen LogP contribution in [0.25, 0.3) is 0 Å². The quantitative estimate of drug-likeness (QED) is 0.780. The van der Waals surface area contributed by atoms with Crippen LogP contribution in [0.4, 0.5) is 0 Å². The predicted octanol–water partition coefficient (Wildman–Crippen LogP) is 2.36. The summed E-state index contributed by atoms with van der Waals surface area (Å²) in [7, 11) is 0. The fraction of sp³-hybridized carbons (Fsp3) is 0.917. The molecule has 4 unspecified atom stereocenters. The maximum absolute atomic E-state index is 10.9. The summed E-state index contributed by atoms with van der Waals surface area (Å²) in [5.41, 5.74) is 0. The third-order valence-electron chi connectivity index (χ3n) is 3.60. The lowest BCUT2D eigenvalue weighted by atomic mass is 9.93. The number of carboxylic acid groups (broad SMARTS) is 1. The minimum absolute atomic E-state index is 0.0584. The van der Waals surface area contributed by atoms with Crippen molar-refractivity contribution in [3.05, 3.63) is 0 Å². The molecule has 0 saturated heterocycles. The normalized spacial score (nSPS) is 29.7. The van der Waals surface area contributed by atoms with Crippen molar-refractivity contribution in [2.45, 2.75) is 56.9 Å². The van der Waals surface area contributed by atoms with Gasteiger partial charge in [0.2, 0.25) is 0 Å². The van der Waals surface area contributed by atoms with Crippen molar-refractivity contribution in [3.63, 3.8) is 0 Å². The number of carbonyl (C=O) groups is 1. The zero-order chi connectivity index (χ0) is 12.1. The Balaban J connectivity index is 2.38. The zero-order valence-electron chi connectivity index (χ0n) is 10.4. The third kappa shape index (κ3) is 3.98. The van der Waals surface area contributed by atoms with Crippen LogP contribution in [0.3, 0.4) is 0 Å². The molecule has 1 rings (SSSR count). The number of hydrogen-bond donors (Lipinski definition) is 2. The second-order valence-corrected chi connectivity index (χ2v) is 5.94. The smallest absolute Gasteiger partial charge is 0.307 e. The molecule has 1 aliphatic carbocycles. The van der Waals surface area contributed by atoms with E-state index in [1.54, 1.807) is 6.92 Å². The summed E-state index contributed by atoms with van der Waals surface area (Å²) in [6, 6.07) is 0.561. The summed E-state index contributed by atoms with van der Waals surface area (Å²) < 4.78 is 0. The number of rotatable bonds is 5. The standard InChI is InChI=1S/C12H23NO2S/c1-8(12(14)15)9(2)13-10-5-4-6-11(7-10)16-3/h8-11,13H,4-7H2,1-3H3,(H,14,15). The molecule has 4 heteroatoms. The molecule has 3 nitrogen and oxygen atoms in total. The summed E-state index contributed by atoms with van der Waals surface area (Å²) in [6.07, 6.45) is 7.10. The van der Waals surface area contributed by atoms with Gasteiger partial charge in [0.05, 0.1) is 5.92 Å². The highest BCUT2D eigenvalue weighted by molar-refractivity contribution is 7.99. The first-order chi connectivity index (χ1) is 7.54. The van der Waals surface area contributed by atoms with E-state index in [4.69, 9.17) is 5.11 Å². The van der Waals surface area contributed by atoms with Crippen LogP contribution in [0.15, 0.2) is 0 Å². The molecule has 0 aromatic heterocycles. The van der Waals surface area contributed by atoms with E-state index in [1.165, 1.54) is 25.7 Å². The maximum Gasteiger partial charge on any atom is 0.307 e. The average Bonchev–Trinajstić information content (AvgIpc) is 2.28. The van der Waals surface area contributed by atoms with Crippen LogP contribution in [0.1, 0.15) is 39.5 Å². The van der Waals surface area contributed by atoms with E-state index in [9.17, 15) is 4.79 Å². The molecule has 0 heterocycles. The van der Waals surface area contributed by atoms with Gasteiger partial charge in [-0.1, -0.05) is 13.3 Å². The lowest BCUT2D eigenvalue weighted by Crippen LogP contribution is -2.44. The minimum Gasteiger partial charge on any atom is -0.481 e. The second kappa shape index (κ2) is 6.50. The summed E-state index contributed by atoms with van der Waals surface area (Å²) in [6.45, 7) is 3.75. The number of hydrogen-bond acceptors (Lipinski definition) is 3. The Morgan fingerprint density at radius 3 is 2.69 bits per heavy atom. The van der Waals surface area contributed by atoms with Gasteiger partial charge in [0.25, 0.3) is 0 Å². The number of nitrogens with one attached hydrogen (secondary N) is 1. The molecule has 2 N–H and O–H groups in total. The molecule has 1 fully saturated rings. The second-order valence-electron chi connectivity index (χ2n) is 4.80. The van der Waals surface area contributed by atoms with Gasteiger partial charge >= 0.3 is 5.97 Å². The van der Waals surface area contributed by atoms with Gasteiger partial charge in [-0.25, -0.2) is 0 Å². The summed E-state index contributed by atoms with van der Waals surface area (Å²) in [5.74, 6) is -1.02. The topological polar surface area (TPSA) is 49.3 Å². The van der Waals surface area contributed by atoms with E-state index in [2.05, 4.69) is 11.6 Å². The Morgan fingerprint density at radius 1 is 1.44 bits per heavy atom. The molecule has 0 aliphatic heterocycles. The van der Waals surface area contributed by atoms with Crippen LogP contribution in [0.5, 0.6) is 0 Å². The van der Waals surface area contributed by atoms with Crippen molar-refractivity contribution in [2.24, 2.45) is 5.92 Å². The van der Waals surface area contributed by atoms with Crippen molar-refractivity contribution in [2.75, 3.05) is 6.26 Å². The molecule has 0 amide bonds. The first-order valence-electron chi connectivity index (χ1n) is 6.06. The Bertz CT molecular complexity index is 235. The van der Waals surface area contributed by atoms with Gasteiger partial charge in [-0.15, -0.1) is 0 Å². The summed E-state index contributed by atoms with van der Waals surface area (Å²) >= 11 is 1.93. The highest BCUT2D eigenvalue weighted by Gasteiger charge is 2.26. The van der Waals surface area contributed by atoms with Crippen LogP contribution in [-0.4, -0.2) is 34.7 Å². The molecule has 0 aromatic carbocycles. The van der Waals surface area contributed by atoms with Crippen LogP contribution in [0.2, 0.25) is 0 Å². The van der Waals surface area contributed by atoms with Crippen LogP contribution in [-0.2, 0) is 4.79 Å². The van der Waals surface area contributed by atoms with Crippen molar-refractivity contribution in [1.82, 2.24) is 5.32 Å². The zero-order valence-corrected chi connectivity index (χ0v) is 11.2. The maximum atomic E-state index is 10.9. The predicted molar refractivity (Wildman–Crippen MR) is 69.0 cm³/mol. The molecular weight excluding hydrogens is 222 g/mol. The Hall–Kier alpha value is -0.220. The third-order valence-corrected chi connectivity index (χ3v) is 4.69. The van der Waals surface area contributed by atoms with Gasteiger partial charge < -0.3 is 10.4 Å². The molecule has 1 saturated carbocycles. The molecule has 1 aliphatic rings. The Labute approximate surface area is 102 Å². The van der Waals surface area contributed by atoms with Gasteiger partial charge in [0, 0.05) is 17.3 Å². The van der Waals surface area contributed by atoms with Gasteiger partial charge in [0.1, 0.15) is 0 Å². The van der Waals surface area contributed by atoms with Gasteiger partial charge in [-0.2, -0.15) is 11.8 Å². The molecule has 94 valence electrons. The van der Waals surface area contributed by atoms with E-state index in [0.29, 0.717) is 6.04 Å².